The van der Waals surface area contributed by atoms with Gasteiger partial charge in [-0.15, -0.1) is 11.8 Å². The van der Waals surface area contributed by atoms with E-state index in [9.17, 15) is 4.79 Å². The molecule has 0 spiro atoms. The van der Waals surface area contributed by atoms with Crippen molar-refractivity contribution < 1.29 is 4.79 Å². The highest BCUT2D eigenvalue weighted by atomic mass is 35.5. The number of amides is 1. The van der Waals surface area contributed by atoms with E-state index in [0.717, 1.165) is 10.5 Å². The van der Waals surface area contributed by atoms with Crippen molar-refractivity contribution >= 4 is 35.0 Å². The van der Waals surface area contributed by atoms with Crippen molar-refractivity contribution in [2.75, 3.05) is 5.73 Å². The summed E-state index contributed by atoms with van der Waals surface area (Å²) in [5.74, 6) is 4.99. The van der Waals surface area contributed by atoms with E-state index in [1.807, 2.05) is 36.4 Å². The van der Waals surface area contributed by atoms with E-state index in [4.69, 9.17) is 23.2 Å². The van der Waals surface area contributed by atoms with E-state index in [1.54, 1.807) is 12.1 Å². The molecule has 0 radical (unpaired) electrons. The van der Waals surface area contributed by atoms with Crippen molar-refractivity contribution in [1.82, 2.24) is 5.43 Å². The van der Waals surface area contributed by atoms with Crippen LogP contribution in [-0.4, -0.2) is 5.91 Å². The first-order chi connectivity index (χ1) is 9.61. The Hall–Kier alpha value is -1.69. The monoisotopic (exact) mass is 307 g/mol. The zero-order chi connectivity index (χ0) is 14.5. The number of rotatable bonds is 4. The van der Waals surface area contributed by atoms with Gasteiger partial charge in [0.2, 0.25) is 0 Å². The molecule has 1 unspecified atom stereocenters. The van der Waals surface area contributed by atoms with Gasteiger partial charge in [0.1, 0.15) is 5.25 Å². The summed E-state index contributed by atoms with van der Waals surface area (Å²) in [5, 5.41) is 0.0239. The van der Waals surface area contributed by atoms with Crippen LogP contribution in [0.1, 0.15) is 10.8 Å². The number of nitrogen functional groups attached to an aromatic ring is 1. The first-order valence-electron chi connectivity index (χ1n) is 5.89. The lowest BCUT2D eigenvalue weighted by molar-refractivity contribution is -0.120. The number of hydrazine groups is 1. The highest BCUT2D eigenvalue weighted by Crippen LogP contribution is 2.37. The predicted molar refractivity (Wildman–Crippen MR) is 83.2 cm³/mol. The summed E-state index contributed by atoms with van der Waals surface area (Å²) in [6.07, 6.45) is 0. The molecule has 2 aromatic rings. The van der Waals surface area contributed by atoms with E-state index in [0.29, 0.717) is 10.7 Å². The first-order valence-corrected chi connectivity index (χ1v) is 7.14. The summed E-state index contributed by atoms with van der Waals surface area (Å²) in [5.41, 5.74) is 9.25. The van der Waals surface area contributed by atoms with Crippen LogP contribution < -0.4 is 17.0 Å². The van der Waals surface area contributed by atoms with Gasteiger partial charge in [-0.3, -0.25) is 10.2 Å². The third kappa shape index (κ3) is 3.45. The van der Waals surface area contributed by atoms with Crippen molar-refractivity contribution in [2.24, 2.45) is 5.84 Å². The highest BCUT2D eigenvalue weighted by molar-refractivity contribution is 8.00. The number of carbonyl (C=O) groups excluding carboxylic acids is 1. The lowest BCUT2D eigenvalue weighted by atomic mass is 10.1. The number of carbonyl (C=O) groups is 1. The Bertz CT molecular complexity index is 607. The SMILES string of the molecule is NNC(=O)C(Sc1ccc(N)c(Cl)c1)c1ccccc1. The highest BCUT2D eigenvalue weighted by Gasteiger charge is 2.21. The summed E-state index contributed by atoms with van der Waals surface area (Å²) in [6, 6.07) is 14.7. The molecule has 2 rings (SSSR count). The summed E-state index contributed by atoms with van der Waals surface area (Å²) in [6.45, 7) is 0. The molecule has 0 saturated carbocycles. The number of halogens is 1. The van der Waals surface area contributed by atoms with Gasteiger partial charge in [0.15, 0.2) is 0 Å². The molecule has 20 heavy (non-hydrogen) atoms. The quantitative estimate of drug-likeness (QED) is 0.267. The van der Waals surface area contributed by atoms with Crippen LogP contribution in [0.15, 0.2) is 53.4 Å². The topological polar surface area (TPSA) is 81.1 Å². The number of nitrogens with two attached hydrogens (primary N) is 2. The zero-order valence-corrected chi connectivity index (χ0v) is 12.1. The van der Waals surface area contributed by atoms with Crippen LogP contribution in [0.5, 0.6) is 0 Å². The van der Waals surface area contributed by atoms with Crippen molar-refractivity contribution in [3.05, 3.63) is 59.1 Å². The van der Waals surface area contributed by atoms with E-state index in [2.05, 4.69) is 5.43 Å². The smallest absolute Gasteiger partial charge is 0.251 e. The summed E-state index contributed by atoms with van der Waals surface area (Å²) in [7, 11) is 0. The number of anilines is 1. The second-order valence-electron chi connectivity index (χ2n) is 4.10. The molecule has 0 heterocycles. The Labute approximate surface area is 126 Å². The summed E-state index contributed by atoms with van der Waals surface area (Å²) < 4.78 is 0. The van der Waals surface area contributed by atoms with Crippen molar-refractivity contribution in [1.29, 1.82) is 0 Å². The van der Waals surface area contributed by atoms with Crippen molar-refractivity contribution in [2.45, 2.75) is 10.1 Å². The fourth-order valence-electron chi connectivity index (χ4n) is 1.69. The van der Waals surface area contributed by atoms with E-state index in [1.165, 1.54) is 11.8 Å². The minimum absolute atomic E-state index is 0.269. The maximum atomic E-state index is 12.0. The Morgan fingerprint density at radius 1 is 1.20 bits per heavy atom. The minimum Gasteiger partial charge on any atom is -0.398 e. The van der Waals surface area contributed by atoms with Gasteiger partial charge in [-0.1, -0.05) is 41.9 Å². The molecule has 0 aliphatic rings. The molecule has 1 atom stereocenters. The molecular weight excluding hydrogens is 294 g/mol. The van der Waals surface area contributed by atoms with E-state index in [-0.39, 0.29) is 5.91 Å². The van der Waals surface area contributed by atoms with Crippen molar-refractivity contribution in [3.63, 3.8) is 0 Å². The molecule has 2 aromatic carbocycles. The standard InChI is InChI=1S/C14H14ClN3OS/c15-11-8-10(6-7-12(11)16)20-13(14(19)18-17)9-4-2-1-3-5-9/h1-8,13H,16-17H2,(H,18,19). The van der Waals surface area contributed by atoms with Gasteiger partial charge in [-0.25, -0.2) is 5.84 Å². The van der Waals surface area contributed by atoms with Gasteiger partial charge in [0, 0.05) is 4.90 Å². The minimum atomic E-state index is -0.444. The average molecular weight is 308 g/mol. The van der Waals surface area contributed by atoms with Gasteiger partial charge in [-0.05, 0) is 23.8 Å². The zero-order valence-electron chi connectivity index (χ0n) is 10.5. The Morgan fingerprint density at radius 3 is 2.50 bits per heavy atom. The molecule has 0 bridgehead atoms. The molecular formula is C14H14ClN3OS. The maximum absolute atomic E-state index is 12.0. The van der Waals surface area contributed by atoms with Crippen LogP contribution in [0.3, 0.4) is 0 Å². The number of thioether (sulfide) groups is 1. The van der Waals surface area contributed by atoms with Gasteiger partial charge >= 0.3 is 0 Å². The molecule has 104 valence electrons. The predicted octanol–water partition coefficient (Wildman–Crippen LogP) is 2.75. The average Bonchev–Trinajstić information content (AvgIpc) is 2.48. The fraction of sp³-hybridized carbons (Fsp3) is 0.0714. The van der Waals surface area contributed by atoms with Crippen LogP contribution in [0, 0.1) is 0 Å². The summed E-state index contributed by atoms with van der Waals surface area (Å²) in [4.78, 5) is 12.8. The van der Waals surface area contributed by atoms with Crippen LogP contribution in [0.4, 0.5) is 5.69 Å². The Morgan fingerprint density at radius 2 is 1.90 bits per heavy atom. The third-order valence-corrected chi connectivity index (χ3v) is 4.28. The first kappa shape index (κ1) is 14.7. The summed E-state index contributed by atoms with van der Waals surface area (Å²) >= 11 is 7.36. The molecule has 0 fully saturated rings. The number of nitrogens with one attached hydrogen (secondary N) is 1. The molecule has 0 saturated heterocycles. The van der Waals surface area contributed by atoms with Gasteiger partial charge < -0.3 is 5.73 Å². The molecule has 0 aliphatic carbocycles. The molecule has 5 N–H and O–H groups in total. The van der Waals surface area contributed by atoms with Crippen LogP contribution in [-0.2, 0) is 4.79 Å². The Kier molecular flexibility index (Phi) is 4.89. The van der Waals surface area contributed by atoms with E-state index < -0.39 is 5.25 Å². The van der Waals surface area contributed by atoms with Crippen LogP contribution >= 0.6 is 23.4 Å². The van der Waals surface area contributed by atoms with Gasteiger partial charge in [-0.2, -0.15) is 0 Å². The lowest BCUT2D eigenvalue weighted by Crippen LogP contribution is -2.33. The molecule has 1 amide bonds. The van der Waals surface area contributed by atoms with Crippen molar-refractivity contribution in [3.8, 4) is 0 Å². The maximum Gasteiger partial charge on any atom is 0.251 e. The lowest BCUT2D eigenvalue weighted by Gasteiger charge is -2.15. The second-order valence-corrected chi connectivity index (χ2v) is 5.69. The second kappa shape index (κ2) is 6.65. The Balaban J connectivity index is 2.28. The fourth-order valence-corrected chi connectivity index (χ4v) is 3.01. The molecule has 0 aliphatic heterocycles. The van der Waals surface area contributed by atoms with Crippen LogP contribution in [0.25, 0.3) is 0 Å². The van der Waals surface area contributed by atoms with Crippen LogP contribution in [0.2, 0.25) is 5.02 Å². The largest absolute Gasteiger partial charge is 0.398 e. The van der Waals surface area contributed by atoms with Gasteiger partial charge in [0.05, 0.1) is 10.7 Å². The van der Waals surface area contributed by atoms with E-state index >= 15 is 0 Å². The third-order valence-electron chi connectivity index (χ3n) is 2.71. The number of benzene rings is 2. The molecule has 4 nitrogen and oxygen atoms in total. The van der Waals surface area contributed by atoms with Gasteiger partial charge in [0.25, 0.3) is 5.91 Å². The molecule has 0 aromatic heterocycles. The number of hydrogen-bond donors (Lipinski definition) is 3. The number of hydrogen-bond acceptors (Lipinski definition) is 4. The normalized spacial score (nSPS) is 11.9. The molecule has 6 heteroatoms.